The molecule has 0 atom stereocenters. The van der Waals surface area contributed by atoms with Gasteiger partial charge >= 0.3 is 6.03 Å². The van der Waals surface area contributed by atoms with E-state index in [1.54, 1.807) is 0 Å². The van der Waals surface area contributed by atoms with E-state index in [2.05, 4.69) is 10.6 Å². The van der Waals surface area contributed by atoms with Crippen LogP contribution in [0.4, 0.5) is 4.79 Å². The average molecular weight is 198 g/mol. The summed E-state index contributed by atoms with van der Waals surface area (Å²) >= 11 is 0. The van der Waals surface area contributed by atoms with Gasteiger partial charge in [0.1, 0.15) is 5.78 Å². The summed E-state index contributed by atoms with van der Waals surface area (Å²) in [6.07, 6.45) is 5.78. The van der Waals surface area contributed by atoms with Crippen LogP contribution in [0, 0.1) is 0 Å². The fraction of sp³-hybridized carbons (Fsp3) is 0.800. The van der Waals surface area contributed by atoms with Gasteiger partial charge in [0.2, 0.25) is 0 Å². The van der Waals surface area contributed by atoms with E-state index in [0.717, 1.165) is 12.8 Å². The highest BCUT2D eigenvalue weighted by molar-refractivity contribution is 5.83. The number of Topliss-reactive ketones (excluding diaryl/α,β-unsaturated/α-hetero) is 1. The highest BCUT2D eigenvalue weighted by Gasteiger charge is 2.15. The summed E-state index contributed by atoms with van der Waals surface area (Å²) in [5.41, 5.74) is 0. The zero-order valence-electron chi connectivity index (χ0n) is 8.64. The largest absolute Gasteiger partial charge is 0.335 e. The van der Waals surface area contributed by atoms with Crippen LogP contribution >= 0.6 is 0 Å². The Hall–Kier alpha value is -1.06. The first kappa shape index (κ1) is 11.0. The number of carbonyl (C=O) groups excluding carboxylic acids is 2. The molecule has 2 N–H and O–H groups in total. The van der Waals surface area contributed by atoms with Crippen LogP contribution in [-0.2, 0) is 4.79 Å². The fourth-order valence-corrected chi connectivity index (χ4v) is 1.69. The zero-order valence-corrected chi connectivity index (χ0v) is 8.64. The molecule has 0 radical (unpaired) electrons. The van der Waals surface area contributed by atoms with Gasteiger partial charge in [0.15, 0.2) is 0 Å². The number of hydrogen-bond donors (Lipinski definition) is 2. The van der Waals surface area contributed by atoms with Crippen molar-refractivity contribution in [3.05, 3.63) is 0 Å². The first-order chi connectivity index (χ1) is 6.68. The van der Waals surface area contributed by atoms with E-state index in [9.17, 15) is 9.59 Å². The lowest BCUT2D eigenvalue weighted by atomic mass is 9.96. The molecular weight excluding hydrogens is 180 g/mol. The summed E-state index contributed by atoms with van der Waals surface area (Å²) in [7, 11) is 0. The SMILES string of the molecule is CC(=O)CNC(=O)NC1CCCCC1. The number of hydrogen-bond acceptors (Lipinski definition) is 2. The number of urea groups is 1. The predicted octanol–water partition coefficient (Wildman–Crippen LogP) is 1.21. The van der Waals surface area contributed by atoms with Crippen molar-refractivity contribution in [1.29, 1.82) is 0 Å². The van der Waals surface area contributed by atoms with Gasteiger partial charge in [0, 0.05) is 6.04 Å². The third kappa shape index (κ3) is 4.25. The van der Waals surface area contributed by atoms with Gasteiger partial charge in [0.05, 0.1) is 6.54 Å². The number of nitrogens with one attached hydrogen (secondary N) is 2. The van der Waals surface area contributed by atoms with E-state index in [1.165, 1.54) is 26.2 Å². The molecular formula is C10H18N2O2. The maximum atomic E-state index is 11.2. The third-order valence-electron chi connectivity index (χ3n) is 2.44. The minimum Gasteiger partial charge on any atom is -0.335 e. The fourth-order valence-electron chi connectivity index (χ4n) is 1.69. The predicted molar refractivity (Wildman–Crippen MR) is 54.1 cm³/mol. The Morgan fingerprint density at radius 3 is 2.43 bits per heavy atom. The molecule has 0 aromatic carbocycles. The van der Waals surface area contributed by atoms with E-state index in [-0.39, 0.29) is 18.4 Å². The molecule has 1 aliphatic rings. The highest BCUT2D eigenvalue weighted by Crippen LogP contribution is 2.16. The maximum Gasteiger partial charge on any atom is 0.315 e. The molecule has 4 heteroatoms. The van der Waals surface area contributed by atoms with Crippen molar-refractivity contribution >= 4 is 11.8 Å². The van der Waals surface area contributed by atoms with Gasteiger partial charge in [-0.05, 0) is 19.8 Å². The Bertz CT molecular complexity index is 210. The summed E-state index contributed by atoms with van der Waals surface area (Å²) < 4.78 is 0. The standard InChI is InChI=1S/C10H18N2O2/c1-8(13)7-11-10(14)12-9-5-3-2-4-6-9/h9H,2-7H2,1H3,(H2,11,12,14). The second-order valence-corrected chi connectivity index (χ2v) is 3.86. The summed E-state index contributed by atoms with van der Waals surface area (Å²) in [5, 5.41) is 5.40. The van der Waals surface area contributed by atoms with Crippen molar-refractivity contribution in [1.82, 2.24) is 10.6 Å². The molecule has 1 rings (SSSR count). The lowest BCUT2D eigenvalue weighted by Gasteiger charge is -2.22. The molecule has 14 heavy (non-hydrogen) atoms. The van der Waals surface area contributed by atoms with Gasteiger partial charge in [-0.3, -0.25) is 4.79 Å². The molecule has 0 aromatic heterocycles. The number of rotatable bonds is 3. The molecule has 0 heterocycles. The van der Waals surface area contributed by atoms with Crippen LogP contribution in [0.25, 0.3) is 0 Å². The van der Waals surface area contributed by atoms with Gasteiger partial charge in [-0.2, -0.15) is 0 Å². The van der Waals surface area contributed by atoms with Gasteiger partial charge in [-0.1, -0.05) is 19.3 Å². The van der Waals surface area contributed by atoms with Crippen LogP contribution in [0.15, 0.2) is 0 Å². The summed E-state index contributed by atoms with van der Waals surface area (Å²) in [5.74, 6) is -0.0243. The molecule has 2 amide bonds. The van der Waals surface area contributed by atoms with Crippen LogP contribution in [-0.4, -0.2) is 24.4 Å². The molecule has 0 aromatic rings. The van der Waals surface area contributed by atoms with Crippen LogP contribution in [0.5, 0.6) is 0 Å². The van der Waals surface area contributed by atoms with Crippen LogP contribution in [0.2, 0.25) is 0 Å². The summed E-state index contributed by atoms with van der Waals surface area (Å²) in [6, 6.07) is 0.0859. The van der Waals surface area contributed by atoms with Gasteiger partial charge in [-0.15, -0.1) is 0 Å². The smallest absolute Gasteiger partial charge is 0.315 e. The zero-order chi connectivity index (χ0) is 10.4. The first-order valence-electron chi connectivity index (χ1n) is 5.22. The average Bonchev–Trinajstić information content (AvgIpc) is 2.16. The maximum absolute atomic E-state index is 11.2. The second kappa shape index (κ2) is 5.62. The van der Waals surface area contributed by atoms with Crippen LogP contribution < -0.4 is 10.6 Å². The van der Waals surface area contributed by atoms with E-state index in [1.807, 2.05) is 0 Å². The number of ketones is 1. The highest BCUT2D eigenvalue weighted by atomic mass is 16.2. The van der Waals surface area contributed by atoms with E-state index >= 15 is 0 Å². The molecule has 0 aliphatic heterocycles. The quantitative estimate of drug-likeness (QED) is 0.716. The molecule has 0 bridgehead atoms. The topological polar surface area (TPSA) is 58.2 Å². The molecule has 80 valence electrons. The minimum absolute atomic E-state index is 0.0243. The van der Waals surface area contributed by atoms with E-state index in [4.69, 9.17) is 0 Å². The van der Waals surface area contributed by atoms with Crippen molar-refractivity contribution in [2.45, 2.75) is 45.1 Å². The van der Waals surface area contributed by atoms with Gasteiger partial charge < -0.3 is 10.6 Å². The van der Waals surface area contributed by atoms with Crippen LogP contribution in [0.3, 0.4) is 0 Å². The van der Waals surface area contributed by atoms with Crippen molar-refractivity contribution in [2.75, 3.05) is 6.54 Å². The third-order valence-corrected chi connectivity index (χ3v) is 2.44. The Labute approximate surface area is 84.4 Å². The normalized spacial score (nSPS) is 17.5. The van der Waals surface area contributed by atoms with Crippen molar-refractivity contribution in [2.24, 2.45) is 0 Å². The second-order valence-electron chi connectivity index (χ2n) is 3.86. The van der Waals surface area contributed by atoms with Gasteiger partial charge in [0.25, 0.3) is 0 Å². The van der Waals surface area contributed by atoms with Crippen molar-refractivity contribution < 1.29 is 9.59 Å². The van der Waals surface area contributed by atoms with Crippen LogP contribution in [0.1, 0.15) is 39.0 Å². The first-order valence-corrected chi connectivity index (χ1v) is 5.22. The Balaban J connectivity index is 2.15. The van der Waals surface area contributed by atoms with E-state index < -0.39 is 0 Å². The summed E-state index contributed by atoms with van der Waals surface area (Å²) in [4.78, 5) is 21.8. The molecule has 0 spiro atoms. The lowest BCUT2D eigenvalue weighted by molar-refractivity contribution is -0.116. The molecule has 1 saturated carbocycles. The Morgan fingerprint density at radius 2 is 1.86 bits per heavy atom. The Kier molecular flexibility index (Phi) is 4.43. The lowest BCUT2D eigenvalue weighted by Crippen LogP contribution is -2.44. The molecule has 0 unspecified atom stereocenters. The molecule has 1 aliphatic carbocycles. The molecule has 4 nitrogen and oxygen atoms in total. The summed E-state index contributed by atoms with van der Waals surface area (Å²) in [6.45, 7) is 1.58. The number of amides is 2. The van der Waals surface area contributed by atoms with Crippen molar-refractivity contribution in [3.8, 4) is 0 Å². The van der Waals surface area contributed by atoms with Crippen molar-refractivity contribution in [3.63, 3.8) is 0 Å². The molecule has 1 fully saturated rings. The van der Waals surface area contributed by atoms with Gasteiger partial charge in [-0.25, -0.2) is 4.79 Å². The number of carbonyl (C=O) groups is 2. The monoisotopic (exact) mass is 198 g/mol. The van der Waals surface area contributed by atoms with E-state index in [0.29, 0.717) is 6.04 Å². The minimum atomic E-state index is -0.216. The Morgan fingerprint density at radius 1 is 1.21 bits per heavy atom. The molecule has 0 saturated heterocycles.